The first-order chi connectivity index (χ1) is 13.7. The lowest BCUT2D eigenvalue weighted by Crippen LogP contribution is -2.59. The molecule has 5 rings (SSSR count). The number of furan rings is 1. The largest absolute Gasteiger partial charge is 0.472 e. The molecule has 3 aliphatic rings. The first kappa shape index (κ1) is 17.7. The third kappa shape index (κ3) is 2.74. The van der Waals surface area contributed by atoms with E-state index in [9.17, 15) is 4.79 Å². The van der Waals surface area contributed by atoms with Crippen LogP contribution in [-0.2, 0) is 16.6 Å². The molecule has 0 unspecified atom stereocenters. The molecule has 1 aromatic heterocycles. The Bertz CT molecular complexity index is 897. The average Bonchev–Trinajstić information content (AvgIpc) is 3.25. The van der Waals surface area contributed by atoms with Gasteiger partial charge in [-0.3, -0.25) is 4.79 Å². The zero-order chi connectivity index (χ0) is 19.1. The highest BCUT2D eigenvalue weighted by molar-refractivity contribution is 6.04. The minimum absolute atomic E-state index is 0.00372. The predicted molar refractivity (Wildman–Crippen MR) is 111 cm³/mol. The van der Waals surface area contributed by atoms with E-state index in [1.165, 1.54) is 43.2 Å². The fourth-order valence-corrected chi connectivity index (χ4v) is 6.03. The molecule has 4 heteroatoms. The number of nitrogens with zero attached hydrogens (tertiary/aromatic N) is 1. The molecule has 2 fully saturated rings. The maximum Gasteiger partial charge on any atom is 0.250 e. The van der Waals surface area contributed by atoms with Gasteiger partial charge in [0.05, 0.1) is 12.5 Å². The molecule has 28 heavy (non-hydrogen) atoms. The van der Waals surface area contributed by atoms with Gasteiger partial charge in [-0.15, -0.1) is 0 Å². The number of anilines is 1. The monoisotopic (exact) mass is 376 g/mol. The van der Waals surface area contributed by atoms with E-state index < -0.39 is 0 Å². The molecule has 1 saturated carbocycles. The Morgan fingerprint density at radius 3 is 3.07 bits per heavy atom. The van der Waals surface area contributed by atoms with Crippen molar-refractivity contribution in [2.45, 2.75) is 50.0 Å². The number of nitrogens with one attached hydrogen (secondary N) is 1. The summed E-state index contributed by atoms with van der Waals surface area (Å²) in [4.78, 5) is 14.7. The highest BCUT2D eigenvalue weighted by Crippen LogP contribution is 2.55. The second kappa shape index (κ2) is 6.93. The number of amides is 1. The van der Waals surface area contributed by atoms with Crippen LogP contribution in [0.4, 0.5) is 5.69 Å². The second-order valence-corrected chi connectivity index (χ2v) is 8.61. The number of hydrogen-bond donors (Lipinski definition) is 1. The number of benzene rings is 1. The molecule has 2 heterocycles. The number of carbonyl (C=O) groups is 1. The maximum absolute atomic E-state index is 12.8. The van der Waals surface area contributed by atoms with Gasteiger partial charge in [0.1, 0.15) is 0 Å². The lowest BCUT2D eigenvalue weighted by atomic mass is 9.52. The molecule has 1 aliphatic heterocycles. The van der Waals surface area contributed by atoms with Crippen LogP contribution in [0.5, 0.6) is 0 Å². The quantitative estimate of drug-likeness (QED) is 0.813. The minimum atomic E-state index is -0.00372. The Labute approximate surface area is 166 Å². The van der Waals surface area contributed by atoms with Crippen LogP contribution >= 0.6 is 0 Å². The van der Waals surface area contributed by atoms with Crippen LogP contribution in [0.15, 0.2) is 47.3 Å². The Hall–Kier alpha value is -2.33. The summed E-state index contributed by atoms with van der Waals surface area (Å²) in [7, 11) is 1.89. The lowest BCUT2D eigenvalue weighted by Gasteiger charge is -2.56. The number of hydrogen-bond acceptors (Lipinski definition) is 3. The summed E-state index contributed by atoms with van der Waals surface area (Å²) in [6, 6.07) is 9.01. The van der Waals surface area contributed by atoms with Crippen LogP contribution in [0, 0.1) is 5.92 Å². The Morgan fingerprint density at radius 2 is 2.21 bits per heavy atom. The van der Waals surface area contributed by atoms with Crippen molar-refractivity contribution in [1.29, 1.82) is 0 Å². The van der Waals surface area contributed by atoms with Gasteiger partial charge in [-0.2, -0.15) is 0 Å². The summed E-state index contributed by atoms with van der Waals surface area (Å²) in [5.41, 5.74) is 5.18. The van der Waals surface area contributed by atoms with Crippen LogP contribution in [-0.4, -0.2) is 25.5 Å². The van der Waals surface area contributed by atoms with E-state index in [0.717, 1.165) is 30.1 Å². The van der Waals surface area contributed by atoms with Gasteiger partial charge in [-0.25, -0.2) is 0 Å². The van der Waals surface area contributed by atoms with Gasteiger partial charge in [-0.1, -0.05) is 25.0 Å². The third-order valence-electron chi connectivity index (χ3n) is 7.33. The van der Waals surface area contributed by atoms with Crippen molar-refractivity contribution in [3.63, 3.8) is 0 Å². The molecule has 2 aromatic rings. The summed E-state index contributed by atoms with van der Waals surface area (Å²) < 4.78 is 5.08. The van der Waals surface area contributed by atoms with Crippen molar-refractivity contribution in [1.82, 2.24) is 5.32 Å². The van der Waals surface area contributed by atoms with Crippen molar-refractivity contribution in [2.75, 3.05) is 18.5 Å². The van der Waals surface area contributed by atoms with Crippen molar-refractivity contribution >= 4 is 17.7 Å². The third-order valence-corrected chi connectivity index (χ3v) is 7.33. The van der Waals surface area contributed by atoms with E-state index in [1.807, 2.05) is 24.1 Å². The molecule has 2 bridgehead atoms. The van der Waals surface area contributed by atoms with Gasteiger partial charge >= 0.3 is 0 Å². The zero-order valence-corrected chi connectivity index (χ0v) is 16.5. The molecule has 1 N–H and O–H groups in total. The SMILES string of the molecule is CN(C(=O)C=Cc1ccoc1)c1cccc2c1C[C@H]1NCC[C@@]23CCCC[C@@H]13. The van der Waals surface area contributed by atoms with Crippen molar-refractivity contribution in [3.05, 3.63) is 59.6 Å². The summed E-state index contributed by atoms with van der Waals surface area (Å²) in [5, 5.41) is 3.80. The molecule has 1 saturated heterocycles. The highest BCUT2D eigenvalue weighted by Gasteiger charge is 2.51. The standard InChI is InChI=1S/C24H28N2O2/c1-26(23(27)9-8-17-10-14-28-16-17)22-7-4-6-19-18(22)15-21-20-5-2-3-11-24(19,20)12-13-25-21/h4,6-10,14,16,20-21,25H,2-3,5,11-13,15H2,1H3/t20-,21+,24-/m0/s1. The lowest BCUT2D eigenvalue weighted by molar-refractivity contribution is -0.113. The van der Waals surface area contributed by atoms with Crippen LogP contribution < -0.4 is 10.2 Å². The molecule has 2 aliphatic carbocycles. The second-order valence-electron chi connectivity index (χ2n) is 8.61. The topological polar surface area (TPSA) is 45.5 Å². The Morgan fingerprint density at radius 1 is 1.29 bits per heavy atom. The van der Waals surface area contributed by atoms with E-state index in [1.54, 1.807) is 18.6 Å². The molecule has 146 valence electrons. The van der Waals surface area contributed by atoms with Gasteiger partial charge in [0.15, 0.2) is 0 Å². The number of rotatable bonds is 3. The minimum Gasteiger partial charge on any atom is -0.472 e. The molecule has 1 aromatic carbocycles. The van der Waals surface area contributed by atoms with Gasteiger partial charge in [-0.05, 0) is 67.5 Å². The Balaban J connectivity index is 1.50. The number of carbonyl (C=O) groups excluding carboxylic acids is 1. The Kier molecular flexibility index (Phi) is 4.39. The first-order valence-corrected chi connectivity index (χ1v) is 10.5. The molecule has 1 amide bonds. The zero-order valence-electron chi connectivity index (χ0n) is 16.5. The van der Waals surface area contributed by atoms with E-state index in [4.69, 9.17) is 4.42 Å². The van der Waals surface area contributed by atoms with Crippen molar-refractivity contribution in [2.24, 2.45) is 5.92 Å². The fraction of sp³-hybridized carbons (Fsp3) is 0.458. The van der Waals surface area contributed by atoms with E-state index in [2.05, 4.69) is 23.5 Å². The molecular weight excluding hydrogens is 348 g/mol. The molecular formula is C24H28N2O2. The summed E-state index contributed by atoms with van der Waals surface area (Å²) >= 11 is 0. The summed E-state index contributed by atoms with van der Waals surface area (Å²) in [5.74, 6) is 0.746. The van der Waals surface area contributed by atoms with E-state index >= 15 is 0 Å². The molecule has 0 radical (unpaired) electrons. The summed E-state index contributed by atoms with van der Waals surface area (Å²) in [6.45, 7) is 1.12. The van der Waals surface area contributed by atoms with Crippen LogP contribution in [0.1, 0.15) is 48.8 Å². The van der Waals surface area contributed by atoms with Crippen molar-refractivity contribution < 1.29 is 9.21 Å². The van der Waals surface area contributed by atoms with Crippen LogP contribution in [0.25, 0.3) is 6.08 Å². The number of piperidine rings is 1. The van der Waals surface area contributed by atoms with Gasteiger partial charge in [0.2, 0.25) is 0 Å². The smallest absolute Gasteiger partial charge is 0.250 e. The van der Waals surface area contributed by atoms with Crippen LogP contribution in [0.3, 0.4) is 0 Å². The van der Waals surface area contributed by atoms with Gasteiger partial charge < -0.3 is 14.6 Å². The predicted octanol–water partition coefficient (Wildman–Crippen LogP) is 4.30. The number of fused-ring (bicyclic) bond motifs is 1. The van der Waals surface area contributed by atoms with Gasteiger partial charge in [0, 0.05) is 35.8 Å². The normalized spacial score (nSPS) is 28.6. The molecule has 0 spiro atoms. The molecule has 3 atom stereocenters. The fourth-order valence-electron chi connectivity index (χ4n) is 6.03. The average molecular weight is 377 g/mol. The van der Waals surface area contributed by atoms with Gasteiger partial charge in [0.25, 0.3) is 5.91 Å². The molecule has 4 nitrogen and oxygen atoms in total. The number of likely N-dealkylation sites (N-methyl/N-ethyl adjacent to an activating group) is 1. The van der Waals surface area contributed by atoms with E-state index in [0.29, 0.717) is 11.5 Å². The summed E-state index contributed by atoms with van der Waals surface area (Å²) in [6.07, 6.45) is 14.3. The maximum atomic E-state index is 12.8. The van der Waals surface area contributed by atoms with Crippen LogP contribution in [0.2, 0.25) is 0 Å². The van der Waals surface area contributed by atoms with E-state index in [-0.39, 0.29) is 5.91 Å². The highest BCUT2D eigenvalue weighted by atomic mass is 16.3. The van der Waals surface area contributed by atoms with Crippen molar-refractivity contribution in [3.8, 4) is 0 Å². The first-order valence-electron chi connectivity index (χ1n) is 10.5.